The first kappa shape index (κ1) is 19.1. The molecule has 1 aliphatic rings. The number of halogens is 2. The zero-order chi connectivity index (χ0) is 20.4. The van der Waals surface area contributed by atoms with Gasteiger partial charge in [0.2, 0.25) is 5.91 Å². The van der Waals surface area contributed by atoms with Crippen molar-refractivity contribution in [2.75, 3.05) is 4.90 Å². The molecule has 5 nitrogen and oxygen atoms in total. The Morgan fingerprint density at radius 3 is 2.69 bits per heavy atom. The Balaban J connectivity index is 1.54. The molecule has 0 saturated carbocycles. The van der Waals surface area contributed by atoms with Crippen molar-refractivity contribution in [2.24, 2.45) is 0 Å². The Labute approximate surface area is 172 Å². The summed E-state index contributed by atoms with van der Waals surface area (Å²) in [5, 5.41) is 3.04. The van der Waals surface area contributed by atoms with Gasteiger partial charge >= 0.3 is 0 Å². The number of rotatable bonds is 5. The predicted molar refractivity (Wildman–Crippen MR) is 108 cm³/mol. The Morgan fingerprint density at radius 2 is 1.93 bits per heavy atom. The summed E-state index contributed by atoms with van der Waals surface area (Å²) in [6.07, 6.45) is 1.66. The molecule has 0 radical (unpaired) electrons. The van der Waals surface area contributed by atoms with Crippen LogP contribution in [0.3, 0.4) is 0 Å². The molecule has 2 amide bonds. The van der Waals surface area contributed by atoms with E-state index in [0.717, 1.165) is 0 Å². The zero-order valence-electron chi connectivity index (χ0n) is 15.3. The van der Waals surface area contributed by atoms with Gasteiger partial charge in [-0.2, -0.15) is 0 Å². The van der Waals surface area contributed by atoms with Crippen molar-refractivity contribution >= 4 is 29.1 Å². The third-order valence-electron chi connectivity index (χ3n) is 4.82. The van der Waals surface area contributed by atoms with Gasteiger partial charge in [0.15, 0.2) is 0 Å². The maximum absolute atomic E-state index is 13.2. The number of carbonyl (C=O) groups is 2. The summed E-state index contributed by atoms with van der Waals surface area (Å²) in [6, 6.07) is 16.1. The maximum atomic E-state index is 13.2. The first-order valence-corrected chi connectivity index (χ1v) is 9.46. The van der Waals surface area contributed by atoms with Crippen LogP contribution in [0.15, 0.2) is 66.9 Å². The SMILES string of the molecule is O=C(CC1c2ncccc2C(=O)N1c1ccccc1)NCc1ccc(F)cc1Cl. The van der Waals surface area contributed by atoms with Gasteiger partial charge in [-0.3, -0.25) is 19.5 Å². The topological polar surface area (TPSA) is 62.3 Å². The van der Waals surface area contributed by atoms with Crippen LogP contribution in [-0.2, 0) is 11.3 Å². The van der Waals surface area contributed by atoms with Crippen molar-refractivity contribution in [1.82, 2.24) is 10.3 Å². The second kappa shape index (κ2) is 8.01. The second-order valence-electron chi connectivity index (χ2n) is 6.68. The molecule has 0 saturated heterocycles. The third kappa shape index (κ3) is 3.84. The summed E-state index contributed by atoms with van der Waals surface area (Å²) in [6.45, 7) is 0.166. The van der Waals surface area contributed by atoms with Crippen molar-refractivity contribution in [3.05, 3.63) is 94.5 Å². The van der Waals surface area contributed by atoms with Crippen molar-refractivity contribution < 1.29 is 14.0 Å². The molecule has 3 aromatic rings. The number of carbonyl (C=O) groups excluding carboxylic acids is 2. The fourth-order valence-electron chi connectivity index (χ4n) is 3.44. The Bertz CT molecular complexity index is 1070. The normalized spacial score (nSPS) is 15.3. The van der Waals surface area contributed by atoms with Gasteiger partial charge in [-0.1, -0.05) is 35.9 Å². The second-order valence-corrected chi connectivity index (χ2v) is 7.09. The molecule has 1 atom stereocenters. The Morgan fingerprint density at radius 1 is 1.14 bits per heavy atom. The van der Waals surface area contributed by atoms with E-state index < -0.39 is 11.9 Å². The minimum Gasteiger partial charge on any atom is -0.352 e. The van der Waals surface area contributed by atoms with Crippen molar-refractivity contribution in [2.45, 2.75) is 19.0 Å². The largest absolute Gasteiger partial charge is 0.352 e. The van der Waals surface area contributed by atoms with Gasteiger partial charge in [0, 0.05) is 23.5 Å². The van der Waals surface area contributed by atoms with E-state index in [9.17, 15) is 14.0 Å². The molecule has 29 heavy (non-hydrogen) atoms. The van der Waals surface area contributed by atoms with Crippen LogP contribution in [0.4, 0.5) is 10.1 Å². The maximum Gasteiger partial charge on any atom is 0.260 e. The van der Waals surface area contributed by atoms with Crippen LogP contribution in [0.25, 0.3) is 0 Å². The summed E-state index contributed by atoms with van der Waals surface area (Å²) in [7, 11) is 0. The van der Waals surface area contributed by atoms with Gasteiger partial charge in [-0.05, 0) is 42.0 Å². The number of hydrogen-bond acceptors (Lipinski definition) is 3. The number of anilines is 1. The lowest BCUT2D eigenvalue weighted by Gasteiger charge is -2.24. The van der Waals surface area contributed by atoms with Gasteiger partial charge in [-0.15, -0.1) is 0 Å². The standard InChI is InChI=1S/C22H17ClFN3O2/c23-18-11-15(24)9-8-14(18)13-26-20(28)12-19-21-17(7-4-10-25-21)22(29)27(19)16-5-2-1-3-6-16/h1-11,19H,12-13H2,(H,26,28). The molecule has 2 aromatic carbocycles. The Hall–Kier alpha value is -3.25. The van der Waals surface area contributed by atoms with Crippen LogP contribution in [0.2, 0.25) is 5.02 Å². The predicted octanol–water partition coefficient (Wildman–Crippen LogP) is 4.28. The average molecular weight is 410 g/mol. The lowest BCUT2D eigenvalue weighted by molar-refractivity contribution is -0.121. The van der Waals surface area contributed by atoms with Crippen molar-refractivity contribution in [1.29, 1.82) is 0 Å². The van der Waals surface area contributed by atoms with Gasteiger partial charge in [0.1, 0.15) is 5.82 Å². The average Bonchev–Trinajstić information content (AvgIpc) is 3.00. The van der Waals surface area contributed by atoms with E-state index in [1.165, 1.54) is 18.2 Å². The molecule has 146 valence electrons. The number of para-hydroxylation sites is 1. The minimum absolute atomic E-state index is 0.0451. The summed E-state index contributed by atoms with van der Waals surface area (Å²) in [5.74, 6) is -0.878. The van der Waals surface area contributed by atoms with E-state index in [2.05, 4.69) is 10.3 Å². The number of hydrogen-bond donors (Lipinski definition) is 1. The van der Waals surface area contributed by atoms with Gasteiger partial charge in [0.25, 0.3) is 5.91 Å². The lowest BCUT2D eigenvalue weighted by Crippen LogP contribution is -2.33. The van der Waals surface area contributed by atoms with Crippen molar-refractivity contribution in [3.63, 3.8) is 0 Å². The molecule has 0 spiro atoms. The number of nitrogens with zero attached hydrogens (tertiary/aromatic N) is 2. The van der Waals surface area contributed by atoms with Crippen LogP contribution in [0.1, 0.15) is 34.1 Å². The highest BCUT2D eigenvalue weighted by Gasteiger charge is 2.39. The highest BCUT2D eigenvalue weighted by molar-refractivity contribution is 6.31. The number of nitrogens with one attached hydrogen (secondary N) is 1. The molecule has 0 aliphatic carbocycles. The van der Waals surface area contributed by atoms with E-state index in [1.807, 2.05) is 30.3 Å². The number of aromatic nitrogens is 1. The number of amides is 2. The van der Waals surface area contributed by atoms with E-state index in [4.69, 9.17) is 11.6 Å². The molecule has 1 unspecified atom stereocenters. The highest BCUT2D eigenvalue weighted by Crippen LogP contribution is 2.38. The molecule has 1 N–H and O–H groups in total. The van der Waals surface area contributed by atoms with Gasteiger partial charge in [0.05, 0.1) is 23.7 Å². The first-order chi connectivity index (χ1) is 14.0. The van der Waals surface area contributed by atoms with E-state index in [0.29, 0.717) is 22.5 Å². The minimum atomic E-state index is -0.509. The fourth-order valence-corrected chi connectivity index (χ4v) is 3.67. The number of fused-ring (bicyclic) bond motifs is 1. The molecule has 1 aliphatic heterocycles. The summed E-state index contributed by atoms with van der Waals surface area (Å²) in [5.41, 5.74) is 2.39. The quantitative estimate of drug-likeness (QED) is 0.684. The summed E-state index contributed by atoms with van der Waals surface area (Å²) in [4.78, 5) is 31.6. The molecular weight excluding hydrogens is 393 g/mol. The molecule has 7 heteroatoms. The van der Waals surface area contributed by atoms with Crippen LogP contribution in [-0.4, -0.2) is 16.8 Å². The first-order valence-electron chi connectivity index (χ1n) is 9.09. The molecule has 2 heterocycles. The van der Waals surface area contributed by atoms with E-state index in [-0.39, 0.29) is 29.8 Å². The highest BCUT2D eigenvalue weighted by atomic mass is 35.5. The molecule has 1 aromatic heterocycles. The number of benzene rings is 2. The van der Waals surface area contributed by atoms with Crippen LogP contribution in [0, 0.1) is 5.82 Å². The Kier molecular flexibility index (Phi) is 5.27. The van der Waals surface area contributed by atoms with Crippen molar-refractivity contribution in [3.8, 4) is 0 Å². The molecule has 0 fully saturated rings. The monoisotopic (exact) mass is 409 g/mol. The fraction of sp³-hybridized carbons (Fsp3) is 0.136. The summed E-state index contributed by atoms with van der Waals surface area (Å²) >= 11 is 6.02. The molecular formula is C22H17ClFN3O2. The zero-order valence-corrected chi connectivity index (χ0v) is 16.1. The van der Waals surface area contributed by atoms with Gasteiger partial charge in [-0.25, -0.2) is 4.39 Å². The number of pyridine rings is 1. The van der Waals surface area contributed by atoms with Crippen LogP contribution in [0.5, 0.6) is 0 Å². The van der Waals surface area contributed by atoms with E-state index in [1.54, 1.807) is 23.2 Å². The van der Waals surface area contributed by atoms with Gasteiger partial charge < -0.3 is 5.32 Å². The molecule has 4 rings (SSSR count). The van der Waals surface area contributed by atoms with E-state index >= 15 is 0 Å². The summed E-state index contributed by atoms with van der Waals surface area (Å²) < 4.78 is 13.2. The smallest absolute Gasteiger partial charge is 0.260 e. The molecule has 0 bridgehead atoms. The van der Waals surface area contributed by atoms with Crippen LogP contribution < -0.4 is 10.2 Å². The van der Waals surface area contributed by atoms with Crippen LogP contribution >= 0.6 is 11.6 Å². The lowest BCUT2D eigenvalue weighted by atomic mass is 10.1. The third-order valence-corrected chi connectivity index (χ3v) is 5.17.